The summed E-state index contributed by atoms with van der Waals surface area (Å²) in [5.74, 6) is -1.18. The molecule has 0 radical (unpaired) electrons. The van der Waals surface area contributed by atoms with Crippen LogP contribution in [0.5, 0.6) is 0 Å². The van der Waals surface area contributed by atoms with E-state index < -0.39 is 5.91 Å². The summed E-state index contributed by atoms with van der Waals surface area (Å²) in [5, 5.41) is 2.53. The molecule has 142 valence electrons. The van der Waals surface area contributed by atoms with Crippen molar-refractivity contribution in [1.29, 1.82) is 0 Å². The van der Waals surface area contributed by atoms with Crippen LogP contribution in [0, 0.1) is 0 Å². The van der Waals surface area contributed by atoms with Crippen molar-refractivity contribution in [3.8, 4) is 0 Å². The molecular formula is C21H25N3O3. The molecular weight excluding hydrogens is 342 g/mol. The molecule has 6 heteroatoms. The predicted molar refractivity (Wildman–Crippen MR) is 104 cm³/mol. The van der Waals surface area contributed by atoms with Gasteiger partial charge in [0.05, 0.1) is 13.0 Å². The van der Waals surface area contributed by atoms with Gasteiger partial charge >= 0.3 is 0 Å². The molecule has 0 aliphatic carbocycles. The van der Waals surface area contributed by atoms with E-state index in [9.17, 15) is 14.4 Å². The van der Waals surface area contributed by atoms with Crippen molar-refractivity contribution >= 4 is 17.7 Å². The third kappa shape index (κ3) is 6.58. The molecule has 0 aliphatic heterocycles. The second kappa shape index (κ2) is 8.98. The first kappa shape index (κ1) is 20.2. The largest absolute Gasteiger partial charge is 0.343 e. The molecule has 0 heterocycles. The quantitative estimate of drug-likeness (QED) is 0.707. The fourth-order valence-corrected chi connectivity index (χ4v) is 2.39. The summed E-state index contributed by atoms with van der Waals surface area (Å²) in [6.45, 7) is 6.06. The van der Waals surface area contributed by atoms with Gasteiger partial charge in [-0.25, -0.2) is 0 Å². The van der Waals surface area contributed by atoms with Crippen molar-refractivity contribution in [3.63, 3.8) is 0 Å². The van der Waals surface area contributed by atoms with Crippen molar-refractivity contribution in [3.05, 3.63) is 71.3 Å². The minimum Gasteiger partial charge on any atom is -0.343 e. The Hall–Kier alpha value is -3.15. The minimum absolute atomic E-state index is 0.00679. The van der Waals surface area contributed by atoms with Gasteiger partial charge in [-0.1, -0.05) is 63.2 Å². The first-order valence-electron chi connectivity index (χ1n) is 8.76. The average Bonchev–Trinajstić information content (AvgIpc) is 2.64. The second-order valence-corrected chi connectivity index (χ2v) is 7.27. The lowest BCUT2D eigenvalue weighted by atomic mass is 9.87. The summed E-state index contributed by atoms with van der Waals surface area (Å²) in [4.78, 5) is 35.7. The molecule has 3 N–H and O–H groups in total. The van der Waals surface area contributed by atoms with E-state index in [1.54, 1.807) is 12.1 Å². The zero-order valence-electron chi connectivity index (χ0n) is 15.8. The third-order valence-corrected chi connectivity index (χ3v) is 3.97. The summed E-state index contributed by atoms with van der Waals surface area (Å²) in [6, 6.07) is 16.5. The summed E-state index contributed by atoms with van der Waals surface area (Å²) in [6.07, 6.45) is 0.160. The molecule has 0 aliphatic rings. The number of amides is 3. The van der Waals surface area contributed by atoms with Crippen LogP contribution < -0.4 is 16.2 Å². The fourth-order valence-electron chi connectivity index (χ4n) is 2.39. The normalized spacial score (nSPS) is 10.8. The molecule has 0 saturated heterocycles. The number of hydrogen-bond acceptors (Lipinski definition) is 3. The first-order chi connectivity index (χ1) is 12.8. The highest BCUT2D eigenvalue weighted by atomic mass is 16.2. The number of carbonyl (C=O) groups excluding carboxylic acids is 3. The van der Waals surface area contributed by atoms with Gasteiger partial charge < -0.3 is 5.32 Å². The number of rotatable bonds is 5. The second-order valence-electron chi connectivity index (χ2n) is 7.27. The minimum atomic E-state index is -0.504. The predicted octanol–water partition coefficient (Wildman–Crippen LogP) is 2.10. The molecule has 0 fully saturated rings. The summed E-state index contributed by atoms with van der Waals surface area (Å²) in [7, 11) is 0. The van der Waals surface area contributed by atoms with E-state index in [1.165, 1.54) is 0 Å². The van der Waals surface area contributed by atoms with E-state index in [-0.39, 0.29) is 30.2 Å². The Bertz CT molecular complexity index is 794. The summed E-state index contributed by atoms with van der Waals surface area (Å²) in [5.41, 5.74) is 7.06. The Labute approximate surface area is 159 Å². The molecule has 0 bridgehead atoms. The van der Waals surface area contributed by atoms with Crippen LogP contribution in [0.2, 0.25) is 0 Å². The number of hydrazine groups is 1. The first-order valence-corrected chi connectivity index (χ1v) is 8.76. The van der Waals surface area contributed by atoms with E-state index in [2.05, 4.69) is 36.9 Å². The van der Waals surface area contributed by atoms with Crippen molar-refractivity contribution in [2.24, 2.45) is 0 Å². The highest BCUT2D eigenvalue weighted by Crippen LogP contribution is 2.22. The van der Waals surface area contributed by atoms with Gasteiger partial charge in [-0.05, 0) is 28.7 Å². The van der Waals surface area contributed by atoms with Gasteiger partial charge in [0.25, 0.3) is 11.8 Å². The lowest BCUT2D eigenvalue weighted by Gasteiger charge is -2.19. The van der Waals surface area contributed by atoms with E-state index >= 15 is 0 Å². The van der Waals surface area contributed by atoms with E-state index in [0.29, 0.717) is 5.56 Å². The maximum Gasteiger partial charge on any atom is 0.257 e. The molecule has 0 atom stereocenters. The third-order valence-electron chi connectivity index (χ3n) is 3.97. The monoisotopic (exact) mass is 367 g/mol. The Kier molecular flexibility index (Phi) is 6.71. The van der Waals surface area contributed by atoms with Crippen molar-refractivity contribution < 1.29 is 14.4 Å². The van der Waals surface area contributed by atoms with Gasteiger partial charge in [-0.15, -0.1) is 0 Å². The SMILES string of the molecule is CC(C)(C)c1ccc(C(=O)NCC(=O)NNC(=O)Cc2ccccc2)cc1. The molecule has 2 aromatic carbocycles. The van der Waals surface area contributed by atoms with Gasteiger partial charge in [0.1, 0.15) is 0 Å². The van der Waals surface area contributed by atoms with Gasteiger partial charge in [0.15, 0.2) is 0 Å². The molecule has 6 nitrogen and oxygen atoms in total. The maximum atomic E-state index is 12.1. The Morgan fingerprint density at radius 2 is 1.41 bits per heavy atom. The van der Waals surface area contributed by atoms with Crippen LogP contribution in [0.4, 0.5) is 0 Å². The van der Waals surface area contributed by atoms with Crippen LogP contribution in [0.3, 0.4) is 0 Å². The summed E-state index contributed by atoms with van der Waals surface area (Å²) >= 11 is 0. The Morgan fingerprint density at radius 3 is 2.00 bits per heavy atom. The van der Waals surface area contributed by atoms with E-state index in [1.807, 2.05) is 42.5 Å². The molecule has 0 unspecified atom stereocenters. The van der Waals surface area contributed by atoms with Crippen LogP contribution in [0.15, 0.2) is 54.6 Å². The van der Waals surface area contributed by atoms with Gasteiger partial charge in [0, 0.05) is 5.56 Å². The van der Waals surface area contributed by atoms with E-state index in [4.69, 9.17) is 0 Å². The Morgan fingerprint density at radius 1 is 0.815 bits per heavy atom. The zero-order valence-corrected chi connectivity index (χ0v) is 15.8. The Balaban J connectivity index is 1.74. The van der Waals surface area contributed by atoms with Crippen LogP contribution >= 0.6 is 0 Å². The highest BCUT2D eigenvalue weighted by molar-refractivity contribution is 5.96. The van der Waals surface area contributed by atoms with Crippen LogP contribution in [-0.4, -0.2) is 24.3 Å². The molecule has 0 spiro atoms. The smallest absolute Gasteiger partial charge is 0.257 e. The number of nitrogens with one attached hydrogen (secondary N) is 3. The van der Waals surface area contributed by atoms with Crippen molar-refractivity contribution in [1.82, 2.24) is 16.2 Å². The highest BCUT2D eigenvalue weighted by Gasteiger charge is 2.14. The lowest BCUT2D eigenvalue weighted by Crippen LogP contribution is -2.46. The number of benzene rings is 2. The molecule has 0 aromatic heterocycles. The lowest BCUT2D eigenvalue weighted by molar-refractivity contribution is -0.128. The number of carbonyl (C=O) groups is 3. The molecule has 2 rings (SSSR count). The van der Waals surface area contributed by atoms with Gasteiger partial charge in [-0.3, -0.25) is 25.2 Å². The van der Waals surface area contributed by atoms with Crippen molar-refractivity contribution in [2.75, 3.05) is 6.54 Å². The number of hydrogen-bond donors (Lipinski definition) is 3. The summed E-state index contributed by atoms with van der Waals surface area (Å²) < 4.78 is 0. The average molecular weight is 367 g/mol. The van der Waals surface area contributed by atoms with Crippen LogP contribution in [0.1, 0.15) is 42.3 Å². The van der Waals surface area contributed by atoms with Gasteiger partial charge in [-0.2, -0.15) is 0 Å². The van der Waals surface area contributed by atoms with Crippen molar-refractivity contribution in [2.45, 2.75) is 32.6 Å². The zero-order chi connectivity index (χ0) is 19.9. The molecule has 0 saturated carbocycles. The molecule has 2 aromatic rings. The standard InChI is InChI=1S/C21H25N3O3/c1-21(2,3)17-11-9-16(10-12-17)20(27)22-14-19(26)24-23-18(25)13-15-7-5-4-6-8-15/h4-12H,13-14H2,1-3H3,(H,22,27)(H,23,25)(H,24,26). The molecule has 27 heavy (non-hydrogen) atoms. The fraction of sp³-hybridized carbons (Fsp3) is 0.286. The maximum absolute atomic E-state index is 12.1. The van der Waals surface area contributed by atoms with Gasteiger partial charge in [0.2, 0.25) is 5.91 Å². The van der Waals surface area contributed by atoms with Crippen LogP contribution in [-0.2, 0) is 21.4 Å². The van der Waals surface area contributed by atoms with E-state index in [0.717, 1.165) is 11.1 Å². The topological polar surface area (TPSA) is 87.3 Å². The van der Waals surface area contributed by atoms with Crippen LogP contribution in [0.25, 0.3) is 0 Å². The molecule has 3 amide bonds.